The first-order valence-corrected chi connectivity index (χ1v) is 12.0. The largest absolute Gasteiger partial charge is 0.462 e. The molecular weight excluding hydrogens is 376 g/mol. The summed E-state index contributed by atoms with van der Waals surface area (Å²) in [6.07, 6.45) is 16.6. The van der Waals surface area contributed by atoms with Crippen LogP contribution in [0.15, 0.2) is 35.5 Å². The number of allylic oxidation sites excluding steroid dienone is 4. The van der Waals surface area contributed by atoms with Crippen LogP contribution in [0.2, 0.25) is 0 Å². The van der Waals surface area contributed by atoms with E-state index in [0.717, 1.165) is 51.4 Å². The van der Waals surface area contributed by atoms with E-state index >= 15 is 0 Å². The zero-order chi connectivity index (χ0) is 21.9. The average molecular weight is 417 g/mol. The van der Waals surface area contributed by atoms with Gasteiger partial charge in [-0.3, -0.25) is 0 Å². The lowest BCUT2D eigenvalue weighted by molar-refractivity contribution is -0.144. The molecule has 4 nitrogen and oxygen atoms in total. The van der Waals surface area contributed by atoms with Crippen LogP contribution in [0, 0.1) is 23.7 Å². The third kappa shape index (κ3) is 6.58. The second kappa shape index (κ2) is 12.8. The summed E-state index contributed by atoms with van der Waals surface area (Å²) in [4.78, 5) is 26.0. The summed E-state index contributed by atoms with van der Waals surface area (Å²) in [6.45, 7) is 9.44. The summed E-state index contributed by atoms with van der Waals surface area (Å²) in [5, 5.41) is 0. The van der Waals surface area contributed by atoms with Gasteiger partial charge in [0.2, 0.25) is 0 Å². The molecule has 0 saturated heterocycles. The molecule has 0 heterocycles. The van der Waals surface area contributed by atoms with Crippen molar-refractivity contribution < 1.29 is 19.1 Å². The number of carbonyl (C=O) groups is 2. The molecule has 0 radical (unpaired) electrons. The molecule has 0 amide bonds. The number of hydrogen-bond acceptors (Lipinski definition) is 4. The van der Waals surface area contributed by atoms with Crippen molar-refractivity contribution in [3.63, 3.8) is 0 Å². The molecule has 2 bridgehead atoms. The number of ether oxygens (including phenoxy) is 2. The standard InChI is InChI=1S/C26H40O4/c1-5-9-11-19(7-3)17-29-25(27)23-21-13-15-22(16-14-21)24(23)26(28)30-18-20(8-4)12-10-6-2/h13-16,19-22H,5-12,17-18H2,1-4H3. The first-order valence-electron chi connectivity index (χ1n) is 12.0. The maximum atomic E-state index is 13.0. The van der Waals surface area contributed by atoms with Crippen LogP contribution in [0.3, 0.4) is 0 Å². The topological polar surface area (TPSA) is 52.6 Å². The molecule has 30 heavy (non-hydrogen) atoms. The molecule has 0 fully saturated rings. The van der Waals surface area contributed by atoms with Crippen LogP contribution in [-0.2, 0) is 19.1 Å². The minimum atomic E-state index is -0.362. The predicted molar refractivity (Wildman–Crippen MR) is 121 cm³/mol. The second-order valence-corrected chi connectivity index (χ2v) is 8.68. The number of esters is 2. The van der Waals surface area contributed by atoms with E-state index in [1.165, 1.54) is 0 Å². The molecule has 0 aromatic carbocycles. The SMILES string of the molecule is CCCCC(CC)COC(=O)C1=C(C(=O)OCC(CC)CCCC)C2C=CC1C=C2. The van der Waals surface area contributed by atoms with Crippen LogP contribution in [0.4, 0.5) is 0 Å². The number of unbranched alkanes of at least 4 members (excludes halogenated alkanes) is 2. The molecule has 2 unspecified atom stereocenters. The maximum absolute atomic E-state index is 13.0. The minimum absolute atomic E-state index is 0.192. The Morgan fingerprint density at radius 1 is 0.733 bits per heavy atom. The Labute approximate surface area is 182 Å². The van der Waals surface area contributed by atoms with Gasteiger partial charge < -0.3 is 9.47 Å². The zero-order valence-electron chi connectivity index (χ0n) is 19.3. The Hall–Kier alpha value is -1.84. The number of hydrogen-bond donors (Lipinski definition) is 0. The van der Waals surface area contributed by atoms with E-state index in [4.69, 9.17) is 9.47 Å². The monoisotopic (exact) mass is 416 g/mol. The summed E-state index contributed by atoms with van der Waals surface area (Å²) in [6, 6.07) is 0. The predicted octanol–water partition coefficient (Wildman–Crippen LogP) is 6.17. The van der Waals surface area contributed by atoms with E-state index in [9.17, 15) is 9.59 Å². The lowest BCUT2D eigenvalue weighted by Gasteiger charge is -2.30. The summed E-state index contributed by atoms with van der Waals surface area (Å²) in [5.41, 5.74) is 0.948. The van der Waals surface area contributed by atoms with Crippen molar-refractivity contribution in [3.8, 4) is 0 Å². The summed E-state index contributed by atoms with van der Waals surface area (Å²) in [7, 11) is 0. The van der Waals surface area contributed by atoms with Gasteiger partial charge in [-0.2, -0.15) is 0 Å². The zero-order valence-corrected chi connectivity index (χ0v) is 19.3. The van der Waals surface area contributed by atoms with Gasteiger partial charge in [-0.05, 0) is 24.7 Å². The van der Waals surface area contributed by atoms with Crippen molar-refractivity contribution in [2.75, 3.05) is 13.2 Å². The first kappa shape index (κ1) is 24.4. The number of rotatable bonds is 14. The highest BCUT2D eigenvalue weighted by Crippen LogP contribution is 2.37. The molecule has 168 valence electrons. The third-order valence-corrected chi connectivity index (χ3v) is 6.44. The van der Waals surface area contributed by atoms with E-state index < -0.39 is 0 Å². The van der Waals surface area contributed by atoms with Crippen LogP contribution < -0.4 is 0 Å². The normalized spacial score (nSPS) is 21.6. The highest BCUT2D eigenvalue weighted by Gasteiger charge is 2.37. The maximum Gasteiger partial charge on any atom is 0.335 e. The Morgan fingerprint density at radius 2 is 1.10 bits per heavy atom. The van der Waals surface area contributed by atoms with Crippen molar-refractivity contribution >= 4 is 11.9 Å². The van der Waals surface area contributed by atoms with Gasteiger partial charge in [0.25, 0.3) is 0 Å². The highest BCUT2D eigenvalue weighted by atomic mass is 16.5. The van der Waals surface area contributed by atoms with Gasteiger partial charge in [0.15, 0.2) is 0 Å². The van der Waals surface area contributed by atoms with Crippen molar-refractivity contribution in [1.82, 2.24) is 0 Å². The van der Waals surface area contributed by atoms with Crippen LogP contribution >= 0.6 is 0 Å². The lowest BCUT2D eigenvalue weighted by atomic mass is 9.76. The van der Waals surface area contributed by atoms with Crippen molar-refractivity contribution in [3.05, 3.63) is 35.5 Å². The molecule has 0 N–H and O–H groups in total. The van der Waals surface area contributed by atoms with E-state index in [1.807, 2.05) is 24.3 Å². The molecule has 3 aliphatic rings. The van der Waals surface area contributed by atoms with Gasteiger partial charge in [0, 0.05) is 11.8 Å². The summed E-state index contributed by atoms with van der Waals surface area (Å²) >= 11 is 0. The van der Waals surface area contributed by atoms with Gasteiger partial charge in [0.05, 0.1) is 24.4 Å². The molecule has 3 aliphatic carbocycles. The van der Waals surface area contributed by atoms with Gasteiger partial charge in [-0.25, -0.2) is 9.59 Å². The molecule has 0 aliphatic heterocycles. The van der Waals surface area contributed by atoms with Crippen LogP contribution in [-0.4, -0.2) is 25.2 Å². The van der Waals surface area contributed by atoms with Crippen molar-refractivity contribution in [1.29, 1.82) is 0 Å². The fourth-order valence-electron chi connectivity index (χ4n) is 4.18. The molecule has 3 rings (SSSR count). The number of carbonyl (C=O) groups excluding carboxylic acids is 2. The molecule has 0 spiro atoms. The molecule has 0 saturated carbocycles. The van der Waals surface area contributed by atoms with Crippen LogP contribution in [0.1, 0.15) is 79.1 Å². The Morgan fingerprint density at radius 3 is 1.40 bits per heavy atom. The van der Waals surface area contributed by atoms with Gasteiger partial charge in [0.1, 0.15) is 0 Å². The second-order valence-electron chi connectivity index (χ2n) is 8.68. The van der Waals surface area contributed by atoms with Crippen molar-refractivity contribution in [2.24, 2.45) is 23.7 Å². The molecule has 0 aromatic heterocycles. The van der Waals surface area contributed by atoms with E-state index in [1.54, 1.807) is 0 Å². The summed E-state index contributed by atoms with van der Waals surface area (Å²) < 4.78 is 11.4. The highest BCUT2D eigenvalue weighted by molar-refractivity contribution is 6.03. The minimum Gasteiger partial charge on any atom is -0.462 e. The lowest BCUT2D eigenvalue weighted by Crippen LogP contribution is -2.30. The fourth-order valence-corrected chi connectivity index (χ4v) is 4.18. The van der Waals surface area contributed by atoms with Crippen LogP contribution in [0.5, 0.6) is 0 Å². The molecule has 0 aromatic rings. The molecule has 2 atom stereocenters. The average Bonchev–Trinajstić information content (AvgIpc) is 2.79. The van der Waals surface area contributed by atoms with Crippen LogP contribution in [0.25, 0.3) is 0 Å². The first-order chi connectivity index (χ1) is 14.5. The molecule has 4 heteroatoms. The molecular formula is C26H40O4. The quantitative estimate of drug-likeness (QED) is 0.251. The van der Waals surface area contributed by atoms with E-state index in [0.29, 0.717) is 36.2 Å². The Balaban J connectivity index is 2.06. The Bertz CT molecular complexity index is 590. The third-order valence-electron chi connectivity index (χ3n) is 6.44. The summed E-state index contributed by atoms with van der Waals surface area (Å²) in [5.74, 6) is -0.357. The Kier molecular flexibility index (Phi) is 10.4. The van der Waals surface area contributed by atoms with Gasteiger partial charge >= 0.3 is 11.9 Å². The van der Waals surface area contributed by atoms with Gasteiger partial charge in [-0.1, -0.05) is 90.5 Å². The smallest absolute Gasteiger partial charge is 0.335 e. The van der Waals surface area contributed by atoms with Crippen molar-refractivity contribution in [2.45, 2.75) is 79.1 Å². The van der Waals surface area contributed by atoms with Gasteiger partial charge in [-0.15, -0.1) is 0 Å². The van der Waals surface area contributed by atoms with E-state index in [2.05, 4.69) is 27.7 Å². The van der Waals surface area contributed by atoms with E-state index in [-0.39, 0.29) is 23.8 Å². The fraction of sp³-hybridized carbons (Fsp3) is 0.692.